The molecule has 2 aliphatic rings. The van der Waals surface area contributed by atoms with Crippen molar-refractivity contribution in [2.75, 3.05) is 13.2 Å². The predicted molar refractivity (Wildman–Crippen MR) is 91.1 cm³/mol. The molecule has 138 valence electrons. The molecule has 0 spiro atoms. The fourth-order valence-electron chi connectivity index (χ4n) is 2.60. The van der Waals surface area contributed by atoms with Gasteiger partial charge in [-0.2, -0.15) is 0 Å². The van der Waals surface area contributed by atoms with E-state index >= 15 is 0 Å². The number of aliphatic hydroxyl groups excluding tert-OH is 2. The molecule has 0 unspecified atom stereocenters. The summed E-state index contributed by atoms with van der Waals surface area (Å²) in [6.07, 6.45) is 0.599. The molecule has 2 fully saturated rings. The molecule has 0 aromatic rings. The van der Waals surface area contributed by atoms with Gasteiger partial charge in [-0.25, -0.2) is 0 Å². The third kappa shape index (κ3) is 5.83. The Bertz CT molecular complexity index is 574. The van der Waals surface area contributed by atoms with E-state index in [0.717, 1.165) is 0 Å². The summed E-state index contributed by atoms with van der Waals surface area (Å²) in [6.45, 7) is 6.05. The molecule has 25 heavy (non-hydrogen) atoms. The summed E-state index contributed by atoms with van der Waals surface area (Å²) < 4.78 is 22.4. The van der Waals surface area contributed by atoms with Crippen LogP contribution in [0.5, 0.6) is 0 Å². The molecule has 0 aromatic carbocycles. The lowest BCUT2D eigenvalue weighted by molar-refractivity contribution is -0.382. The van der Waals surface area contributed by atoms with Crippen LogP contribution in [0.15, 0.2) is 12.2 Å². The molecule has 0 bridgehead atoms. The Hall–Kier alpha value is -1.38. The van der Waals surface area contributed by atoms with Crippen molar-refractivity contribution < 1.29 is 29.2 Å². The van der Waals surface area contributed by atoms with Gasteiger partial charge in [0.1, 0.15) is 24.4 Å². The molecule has 2 heterocycles. The maximum Gasteiger partial charge on any atom is 0.186 e. The number of hydrogen-bond donors (Lipinski definition) is 2. The SMILES string of the molecule is C/C=C\C#CC#CCCCO[C@@H]1O[C@@H]2COC(C)(C)O[C@H]2[C@H](O)[C@H]1O. The van der Waals surface area contributed by atoms with Crippen molar-refractivity contribution in [2.24, 2.45) is 0 Å². The van der Waals surface area contributed by atoms with Crippen LogP contribution in [0.3, 0.4) is 0 Å². The normalized spacial score (nSPS) is 33.7. The van der Waals surface area contributed by atoms with Crippen LogP contribution in [-0.2, 0) is 18.9 Å². The van der Waals surface area contributed by atoms with E-state index in [1.54, 1.807) is 19.9 Å². The standard InChI is InChI=1S/C19H26O6/c1-4-5-6-7-8-9-10-11-12-22-18-16(21)15(20)17-14(24-18)13-23-19(2,3)25-17/h4-5,14-18,20-21H,10-13H2,1-3H3/b5-4-/t14-,15-,16-,17-,18-/m1/s1. The zero-order chi connectivity index (χ0) is 18.3. The lowest BCUT2D eigenvalue weighted by Gasteiger charge is -2.48. The van der Waals surface area contributed by atoms with Gasteiger partial charge in [-0.1, -0.05) is 17.9 Å². The Morgan fingerprint density at radius 2 is 2.04 bits per heavy atom. The van der Waals surface area contributed by atoms with Gasteiger partial charge in [-0.3, -0.25) is 0 Å². The summed E-state index contributed by atoms with van der Waals surface area (Å²) in [7, 11) is 0. The molecule has 0 amide bonds. The lowest BCUT2D eigenvalue weighted by Crippen LogP contribution is -2.64. The summed E-state index contributed by atoms with van der Waals surface area (Å²) in [5, 5.41) is 20.5. The highest BCUT2D eigenvalue weighted by molar-refractivity contribution is 5.30. The Morgan fingerprint density at radius 3 is 2.80 bits per heavy atom. The van der Waals surface area contributed by atoms with E-state index in [1.165, 1.54) is 0 Å². The first-order valence-corrected chi connectivity index (χ1v) is 8.49. The third-order valence-corrected chi connectivity index (χ3v) is 3.86. The summed E-state index contributed by atoms with van der Waals surface area (Å²) in [6, 6.07) is 0. The smallest absolute Gasteiger partial charge is 0.186 e. The molecule has 0 aromatic heterocycles. The minimum absolute atomic E-state index is 0.275. The highest BCUT2D eigenvalue weighted by Crippen LogP contribution is 2.32. The molecule has 0 aliphatic carbocycles. The molecular formula is C19H26O6. The summed E-state index contributed by atoms with van der Waals surface area (Å²) >= 11 is 0. The fraction of sp³-hybridized carbons (Fsp3) is 0.684. The van der Waals surface area contributed by atoms with Crippen LogP contribution in [0.4, 0.5) is 0 Å². The van der Waals surface area contributed by atoms with E-state index in [2.05, 4.69) is 23.7 Å². The number of unbranched alkanes of at least 4 members (excludes halogenated alkanes) is 1. The van der Waals surface area contributed by atoms with Crippen molar-refractivity contribution >= 4 is 0 Å². The maximum absolute atomic E-state index is 10.3. The molecule has 2 aliphatic heterocycles. The van der Waals surface area contributed by atoms with Crippen LogP contribution in [-0.4, -0.2) is 59.9 Å². The van der Waals surface area contributed by atoms with Crippen LogP contribution in [0, 0.1) is 23.7 Å². The molecule has 6 heteroatoms. The maximum atomic E-state index is 10.3. The van der Waals surface area contributed by atoms with Crippen LogP contribution >= 0.6 is 0 Å². The zero-order valence-electron chi connectivity index (χ0n) is 14.9. The van der Waals surface area contributed by atoms with Crippen LogP contribution in [0.25, 0.3) is 0 Å². The Labute approximate surface area is 149 Å². The monoisotopic (exact) mass is 350 g/mol. The van der Waals surface area contributed by atoms with Crippen molar-refractivity contribution in [3.8, 4) is 23.7 Å². The highest BCUT2D eigenvalue weighted by Gasteiger charge is 2.50. The van der Waals surface area contributed by atoms with Gasteiger partial charge in [0.05, 0.1) is 13.2 Å². The third-order valence-electron chi connectivity index (χ3n) is 3.86. The molecular weight excluding hydrogens is 324 g/mol. The summed E-state index contributed by atoms with van der Waals surface area (Å²) in [5.74, 6) is 10.4. The summed E-state index contributed by atoms with van der Waals surface area (Å²) in [4.78, 5) is 0. The second-order valence-electron chi connectivity index (χ2n) is 6.36. The average molecular weight is 350 g/mol. The first-order chi connectivity index (χ1) is 11.9. The van der Waals surface area contributed by atoms with Gasteiger partial charge in [-0.05, 0) is 45.1 Å². The summed E-state index contributed by atoms with van der Waals surface area (Å²) in [5.41, 5.74) is 0. The number of ether oxygens (including phenoxy) is 4. The van der Waals surface area contributed by atoms with E-state index in [1.807, 2.05) is 13.0 Å². The van der Waals surface area contributed by atoms with Crippen molar-refractivity contribution in [1.82, 2.24) is 0 Å². The Morgan fingerprint density at radius 1 is 1.24 bits per heavy atom. The van der Waals surface area contributed by atoms with Gasteiger partial charge in [0, 0.05) is 6.42 Å². The first kappa shape index (κ1) is 19.9. The number of allylic oxidation sites excluding steroid dienone is 2. The molecule has 5 atom stereocenters. The predicted octanol–water partition coefficient (Wildman–Crippen LogP) is 0.964. The molecule has 6 nitrogen and oxygen atoms in total. The number of fused-ring (bicyclic) bond motifs is 1. The van der Waals surface area contributed by atoms with E-state index < -0.39 is 36.5 Å². The van der Waals surface area contributed by atoms with Gasteiger partial charge < -0.3 is 29.2 Å². The molecule has 2 saturated heterocycles. The van der Waals surface area contributed by atoms with Gasteiger partial charge >= 0.3 is 0 Å². The number of aliphatic hydroxyl groups is 2. The number of hydrogen-bond acceptors (Lipinski definition) is 6. The zero-order valence-corrected chi connectivity index (χ0v) is 14.9. The lowest BCUT2D eigenvalue weighted by atomic mass is 9.97. The first-order valence-electron chi connectivity index (χ1n) is 8.49. The van der Waals surface area contributed by atoms with E-state index in [0.29, 0.717) is 19.4 Å². The van der Waals surface area contributed by atoms with Crippen molar-refractivity contribution in [3.63, 3.8) is 0 Å². The van der Waals surface area contributed by atoms with E-state index in [4.69, 9.17) is 18.9 Å². The fourth-order valence-corrected chi connectivity index (χ4v) is 2.60. The minimum atomic E-state index is -1.17. The van der Waals surface area contributed by atoms with Gasteiger partial charge in [0.2, 0.25) is 0 Å². The van der Waals surface area contributed by atoms with Crippen molar-refractivity contribution in [3.05, 3.63) is 12.2 Å². The van der Waals surface area contributed by atoms with Crippen LogP contribution < -0.4 is 0 Å². The molecule has 2 N–H and O–H groups in total. The van der Waals surface area contributed by atoms with Crippen molar-refractivity contribution in [1.29, 1.82) is 0 Å². The van der Waals surface area contributed by atoms with Gasteiger partial charge in [0.25, 0.3) is 0 Å². The number of rotatable bonds is 4. The second-order valence-corrected chi connectivity index (χ2v) is 6.36. The Kier molecular flexibility index (Phi) is 7.46. The van der Waals surface area contributed by atoms with Crippen LogP contribution in [0.1, 0.15) is 33.6 Å². The Balaban J connectivity index is 1.75. The van der Waals surface area contributed by atoms with Gasteiger partial charge in [0.15, 0.2) is 12.1 Å². The van der Waals surface area contributed by atoms with E-state index in [-0.39, 0.29) is 6.61 Å². The highest BCUT2D eigenvalue weighted by atomic mass is 16.8. The second kappa shape index (κ2) is 9.35. The van der Waals surface area contributed by atoms with Gasteiger partial charge in [-0.15, -0.1) is 0 Å². The average Bonchev–Trinajstić information content (AvgIpc) is 2.58. The van der Waals surface area contributed by atoms with E-state index in [9.17, 15) is 10.2 Å². The van der Waals surface area contributed by atoms with Crippen molar-refractivity contribution in [2.45, 2.75) is 70.1 Å². The molecule has 2 rings (SSSR count). The molecule has 0 saturated carbocycles. The largest absolute Gasteiger partial charge is 0.387 e. The quantitative estimate of drug-likeness (QED) is 0.581. The van der Waals surface area contributed by atoms with Crippen LogP contribution in [0.2, 0.25) is 0 Å². The minimum Gasteiger partial charge on any atom is -0.387 e. The topological polar surface area (TPSA) is 77.4 Å². The molecule has 0 radical (unpaired) electrons.